The Kier molecular flexibility index (Phi) is 6.00. The minimum atomic E-state index is -3.94. The molecule has 0 atom stereocenters. The van der Waals surface area contributed by atoms with Crippen LogP contribution in [-0.2, 0) is 14.8 Å². The highest BCUT2D eigenvalue weighted by molar-refractivity contribution is 7.92. The zero-order valence-electron chi connectivity index (χ0n) is 15.3. The maximum Gasteiger partial charge on any atom is 0.261 e. The lowest BCUT2D eigenvalue weighted by molar-refractivity contribution is -0.114. The van der Waals surface area contributed by atoms with Gasteiger partial charge in [0.2, 0.25) is 5.91 Å². The predicted octanol–water partition coefficient (Wildman–Crippen LogP) is 4.33. The van der Waals surface area contributed by atoms with Crippen molar-refractivity contribution in [2.45, 2.75) is 11.8 Å². The van der Waals surface area contributed by atoms with Crippen LogP contribution in [0.1, 0.15) is 22.8 Å². The SMILES string of the molecule is CC(=O)Nc1ccc(S(=O)(=O)Nc2ccccc2C(=O)c2ccc(Cl)cc2)cc1. The van der Waals surface area contributed by atoms with Gasteiger partial charge in [0.1, 0.15) is 0 Å². The molecule has 0 saturated carbocycles. The van der Waals surface area contributed by atoms with Gasteiger partial charge in [-0.3, -0.25) is 14.3 Å². The summed E-state index contributed by atoms with van der Waals surface area (Å²) >= 11 is 5.86. The fraction of sp³-hybridized carbons (Fsp3) is 0.0476. The minimum Gasteiger partial charge on any atom is -0.326 e. The van der Waals surface area contributed by atoms with Crippen LogP contribution in [0.5, 0.6) is 0 Å². The first-order valence-electron chi connectivity index (χ1n) is 8.56. The Balaban J connectivity index is 1.89. The van der Waals surface area contributed by atoms with Crippen LogP contribution in [-0.4, -0.2) is 20.1 Å². The zero-order valence-corrected chi connectivity index (χ0v) is 16.9. The van der Waals surface area contributed by atoms with E-state index in [1.54, 1.807) is 42.5 Å². The average Bonchev–Trinajstić information content (AvgIpc) is 2.68. The number of carbonyl (C=O) groups excluding carboxylic acids is 2. The second-order valence-electron chi connectivity index (χ2n) is 6.19. The van der Waals surface area contributed by atoms with E-state index in [9.17, 15) is 18.0 Å². The van der Waals surface area contributed by atoms with Gasteiger partial charge in [0.15, 0.2) is 5.78 Å². The number of ketones is 1. The molecular formula is C21H17ClN2O4S. The number of hydrogen-bond donors (Lipinski definition) is 2. The Morgan fingerprint density at radius 2 is 1.48 bits per heavy atom. The summed E-state index contributed by atoms with van der Waals surface area (Å²) < 4.78 is 28.0. The summed E-state index contributed by atoms with van der Waals surface area (Å²) in [6.45, 7) is 1.36. The van der Waals surface area contributed by atoms with Gasteiger partial charge in [-0.15, -0.1) is 0 Å². The van der Waals surface area contributed by atoms with Crippen molar-refractivity contribution in [3.05, 3.63) is 88.9 Å². The summed E-state index contributed by atoms with van der Waals surface area (Å²) in [7, 11) is -3.94. The molecule has 6 nitrogen and oxygen atoms in total. The third kappa shape index (κ3) is 5.01. The summed E-state index contributed by atoms with van der Waals surface area (Å²) in [5.41, 5.74) is 1.25. The van der Waals surface area contributed by atoms with Gasteiger partial charge in [0, 0.05) is 28.8 Å². The first-order valence-corrected chi connectivity index (χ1v) is 10.4. The summed E-state index contributed by atoms with van der Waals surface area (Å²) in [5.74, 6) is -0.589. The van der Waals surface area contributed by atoms with Gasteiger partial charge in [0.05, 0.1) is 10.6 Å². The van der Waals surface area contributed by atoms with Crippen molar-refractivity contribution in [2.75, 3.05) is 10.0 Å². The number of anilines is 2. The summed E-state index contributed by atoms with van der Waals surface area (Å²) in [5, 5.41) is 3.07. The van der Waals surface area contributed by atoms with Gasteiger partial charge in [-0.2, -0.15) is 0 Å². The third-order valence-electron chi connectivity index (χ3n) is 4.01. The largest absolute Gasteiger partial charge is 0.326 e. The van der Waals surface area contributed by atoms with Crippen molar-refractivity contribution in [1.82, 2.24) is 0 Å². The van der Waals surface area contributed by atoms with Crippen molar-refractivity contribution < 1.29 is 18.0 Å². The van der Waals surface area contributed by atoms with Crippen LogP contribution < -0.4 is 10.0 Å². The van der Waals surface area contributed by atoms with E-state index < -0.39 is 10.0 Å². The number of hydrogen-bond acceptors (Lipinski definition) is 4. The van der Waals surface area contributed by atoms with Crippen molar-refractivity contribution in [2.24, 2.45) is 0 Å². The number of sulfonamides is 1. The Hall–Kier alpha value is -3.16. The Morgan fingerprint density at radius 1 is 0.862 bits per heavy atom. The second kappa shape index (κ2) is 8.46. The normalized spacial score (nSPS) is 11.0. The van der Waals surface area contributed by atoms with Crippen LogP contribution in [0.3, 0.4) is 0 Å². The van der Waals surface area contributed by atoms with E-state index in [0.29, 0.717) is 16.3 Å². The van der Waals surface area contributed by atoms with Crippen molar-refractivity contribution in [3.8, 4) is 0 Å². The number of carbonyl (C=O) groups is 2. The third-order valence-corrected chi connectivity index (χ3v) is 5.64. The molecule has 29 heavy (non-hydrogen) atoms. The van der Waals surface area contributed by atoms with Gasteiger partial charge in [-0.05, 0) is 60.7 Å². The highest BCUT2D eigenvalue weighted by atomic mass is 35.5. The molecular weight excluding hydrogens is 412 g/mol. The number of para-hydroxylation sites is 1. The van der Waals surface area contributed by atoms with Gasteiger partial charge in [-0.25, -0.2) is 8.42 Å². The van der Waals surface area contributed by atoms with Crippen molar-refractivity contribution >= 4 is 44.7 Å². The molecule has 0 aliphatic heterocycles. The molecule has 0 aliphatic rings. The molecule has 8 heteroatoms. The fourth-order valence-electron chi connectivity index (χ4n) is 2.65. The highest BCUT2D eigenvalue weighted by Gasteiger charge is 2.19. The lowest BCUT2D eigenvalue weighted by Crippen LogP contribution is -2.16. The maximum atomic E-state index is 12.8. The lowest BCUT2D eigenvalue weighted by atomic mass is 10.0. The standard InChI is InChI=1S/C21H17ClN2O4S/c1-14(25)23-17-10-12-18(13-11-17)29(27,28)24-20-5-3-2-4-19(20)21(26)15-6-8-16(22)9-7-15/h2-13,24H,1H3,(H,23,25). The lowest BCUT2D eigenvalue weighted by Gasteiger charge is -2.12. The molecule has 0 saturated heterocycles. The second-order valence-corrected chi connectivity index (χ2v) is 8.31. The Morgan fingerprint density at radius 3 is 2.10 bits per heavy atom. The van der Waals surface area contributed by atoms with E-state index in [-0.39, 0.29) is 27.8 Å². The number of benzene rings is 3. The molecule has 0 fully saturated rings. The molecule has 0 spiro atoms. The zero-order chi connectivity index (χ0) is 21.0. The molecule has 0 radical (unpaired) electrons. The molecule has 3 rings (SSSR count). The fourth-order valence-corrected chi connectivity index (χ4v) is 3.86. The summed E-state index contributed by atoms with van der Waals surface area (Å²) in [6.07, 6.45) is 0. The number of rotatable bonds is 6. The monoisotopic (exact) mass is 428 g/mol. The van der Waals surface area contributed by atoms with Gasteiger partial charge >= 0.3 is 0 Å². The maximum absolute atomic E-state index is 12.8. The van der Waals surface area contributed by atoms with E-state index >= 15 is 0 Å². The molecule has 148 valence electrons. The van der Waals surface area contributed by atoms with E-state index in [1.165, 1.54) is 37.3 Å². The van der Waals surface area contributed by atoms with E-state index in [1.807, 2.05) is 0 Å². The minimum absolute atomic E-state index is 0.000321. The molecule has 2 N–H and O–H groups in total. The van der Waals surface area contributed by atoms with Crippen LogP contribution in [0, 0.1) is 0 Å². The molecule has 3 aromatic rings. The molecule has 0 aromatic heterocycles. The van der Waals surface area contributed by atoms with E-state index in [2.05, 4.69) is 10.0 Å². The molecule has 0 unspecified atom stereocenters. The highest BCUT2D eigenvalue weighted by Crippen LogP contribution is 2.24. The van der Waals surface area contributed by atoms with Crippen LogP contribution in [0.2, 0.25) is 5.02 Å². The van der Waals surface area contributed by atoms with Crippen LogP contribution in [0.25, 0.3) is 0 Å². The molecule has 1 amide bonds. The number of nitrogens with one attached hydrogen (secondary N) is 2. The van der Waals surface area contributed by atoms with Gasteiger partial charge < -0.3 is 5.32 Å². The summed E-state index contributed by atoms with van der Waals surface area (Å²) in [6, 6.07) is 18.4. The van der Waals surface area contributed by atoms with E-state index in [0.717, 1.165) is 0 Å². The average molecular weight is 429 g/mol. The van der Waals surface area contributed by atoms with Crippen LogP contribution >= 0.6 is 11.6 Å². The first-order chi connectivity index (χ1) is 13.8. The predicted molar refractivity (Wildman–Crippen MR) is 113 cm³/mol. The smallest absolute Gasteiger partial charge is 0.261 e. The van der Waals surface area contributed by atoms with E-state index in [4.69, 9.17) is 11.6 Å². The van der Waals surface area contributed by atoms with Gasteiger partial charge in [-0.1, -0.05) is 23.7 Å². The quantitative estimate of drug-likeness (QED) is 0.571. The molecule has 0 heterocycles. The van der Waals surface area contributed by atoms with Crippen molar-refractivity contribution in [1.29, 1.82) is 0 Å². The Bertz CT molecular complexity index is 1160. The summed E-state index contributed by atoms with van der Waals surface area (Å²) in [4.78, 5) is 23.9. The molecule has 0 bridgehead atoms. The van der Waals surface area contributed by atoms with Crippen LogP contribution in [0.15, 0.2) is 77.7 Å². The number of halogens is 1. The van der Waals surface area contributed by atoms with Gasteiger partial charge in [0.25, 0.3) is 10.0 Å². The topological polar surface area (TPSA) is 92.3 Å². The Labute approximate surface area is 173 Å². The first kappa shape index (κ1) is 20.6. The van der Waals surface area contributed by atoms with Crippen molar-refractivity contribution in [3.63, 3.8) is 0 Å². The molecule has 0 aliphatic carbocycles. The van der Waals surface area contributed by atoms with Crippen LogP contribution in [0.4, 0.5) is 11.4 Å². The molecule has 3 aromatic carbocycles. The number of amides is 1.